The zero-order valence-electron chi connectivity index (χ0n) is 14.9. The third-order valence-corrected chi connectivity index (χ3v) is 5.31. The molecule has 0 bridgehead atoms. The van der Waals surface area contributed by atoms with Gasteiger partial charge in [-0.15, -0.1) is 0 Å². The summed E-state index contributed by atoms with van der Waals surface area (Å²) in [6, 6.07) is 5.23. The quantitative estimate of drug-likeness (QED) is 0.833. The Morgan fingerprint density at radius 2 is 1.65 bits per heavy atom. The molecule has 7 heteroatoms. The maximum atomic E-state index is 12.5. The fourth-order valence-electron chi connectivity index (χ4n) is 3.86. The van der Waals surface area contributed by atoms with Crippen LogP contribution in [0.5, 0.6) is 5.75 Å². The number of β-amino-alcohol motifs (C(OH)–C–C–N with tert-alkyl or cyclic N) is 1. The monoisotopic (exact) mass is 372 g/mol. The van der Waals surface area contributed by atoms with Gasteiger partial charge in [-0.05, 0) is 76.1 Å². The minimum absolute atomic E-state index is 0.0808. The average molecular weight is 372 g/mol. The number of alkyl halides is 3. The van der Waals surface area contributed by atoms with E-state index in [1.807, 2.05) is 0 Å². The number of likely N-dealkylation sites (tertiary alicyclic amines) is 2. The van der Waals surface area contributed by atoms with Gasteiger partial charge in [-0.2, -0.15) is 13.2 Å². The first-order valence-corrected chi connectivity index (χ1v) is 9.36. The van der Waals surface area contributed by atoms with Crippen molar-refractivity contribution in [3.05, 3.63) is 29.8 Å². The fourth-order valence-corrected chi connectivity index (χ4v) is 3.86. The van der Waals surface area contributed by atoms with Crippen molar-refractivity contribution in [1.82, 2.24) is 9.80 Å². The summed E-state index contributed by atoms with van der Waals surface area (Å²) in [5, 5.41) is 10.2. The van der Waals surface area contributed by atoms with Crippen LogP contribution >= 0.6 is 0 Å². The highest BCUT2D eigenvalue weighted by molar-refractivity contribution is 5.28. The summed E-state index contributed by atoms with van der Waals surface area (Å²) in [4.78, 5) is 4.83. The molecular formula is C19H27F3N2O2. The first kappa shape index (κ1) is 19.5. The second kappa shape index (κ2) is 8.59. The van der Waals surface area contributed by atoms with Gasteiger partial charge in [0.1, 0.15) is 18.5 Å². The summed E-state index contributed by atoms with van der Waals surface area (Å²) in [5.41, 5.74) is -0.703. The Morgan fingerprint density at radius 1 is 1.04 bits per heavy atom. The van der Waals surface area contributed by atoms with Crippen LogP contribution < -0.4 is 4.74 Å². The molecule has 1 atom stereocenters. The van der Waals surface area contributed by atoms with E-state index in [4.69, 9.17) is 4.74 Å². The van der Waals surface area contributed by atoms with Gasteiger partial charge < -0.3 is 19.6 Å². The maximum Gasteiger partial charge on any atom is 0.416 e. The van der Waals surface area contributed by atoms with Crippen molar-refractivity contribution in [3.8, 4) is 5.75 Å². The lowest BCUT2D eigenvalue weighted by molar-refractivity contribution is -0.137. The zero-order chi connectivity index (χ0) is 18.6. The lowest BCUT2D eigenvalue weighted by Gasteiger charge is -2.37. The summed E-state index contributed by atoms with van der Waals surface area (Å²) < 4.78 is 43.0. The number of nitrogens with zero attached hydrogens (tertiary/aromatic N) is 2. The Hall–Kier alpha value is -1.31. The second-order valence-corrected chi connectivity index (χ2v) is 7.26. The molecule has 1 N–H and O–H groups in total. The van der Waals surface area contributed by atoms with Gasteiger partial charge >= 0.3 is 6.18 Å². The molecule has 2 fully saturated rings. The van der Waals surface area contributed by atoms with Crippen molar-refractivity contribution >= 4 is 0 Å². The molecule has 0 unspecified atom stereocenters. The van der Waals surface area contributed by atoms with Gasteiger partial charge in [-0.1, -0.05) is 0 Å². The normalized spacial score (nSPS) is 21.8. The lowest BCUT2D eigenvalue weighted by Crippen LogP contribution is -2.46. The highest BCUT2D eigenvalue weighted by Gasteiger charge is 2.30. The van der Waals surface area contributed by atoms with Gasteiger partial charge in [-0.3, -0.25) is 0 Å². The molecule has 0 saturated carbocycles. The van der Waals surface area contributed by atoms with E-state index >= 15 is 0 Å². The first-order chi connectivity index (χ1) is 12.4. The molecule has 0 amide bonds. The van der Waals surface area contributed by atoms with Crippen molar-refractivity contribution in [2.45, 2.75) is 44.0 Å². The van der Waals surface area contributed by atoms with E-state index in [-0.39, 0.29) is 6.61 Å². The number of halogens is 3. The molecule has 3 rings (SSSR count). The third kappa shape index (κ3) is 5.34. The molecule has 2 aliphatic rings. The molecule has 0 aliphatic carbocycles. The van der Waals surface area contributed by atoms with Crippen LogP contribution in [0.2, 0.25) is 0 Å². The largest absolute Gasteiger partial charge is 0.491 e. The van der Waals surface area contributed by atoms with Crippen LogP contribution in [0, 0.1) is 0 Å². The smallest absolute Gasteiger partial charge is 0.416 e. The van der Waals surface area contributed by atoms with Crippen LogP contribution in [-0.4, -0.2) is 66.4 Å². The Bertz CT molecular complexity index is 551. The molecule has 146 valence electrons. The van der Waals surface area contributed by atoms with Crippen LogP contribution in [0.15, 0.2) is 24.3 Å². The van der Waals surface area contributed by atoms with Gasteiger partial charge in [0, 0.05) is 12.6 Å². The number of aliphatic hydroxyl groups excluding tert-OH is 1. The number of hydrogen-bond donors (Lipinski definition) is 1. The number of benzene rings is 1. The van der Waals surface area contributed by atoms with E-state index < -0.39 is 17.8 Å². The van der Waals surface area contributed by atoms with Crippen LogP contribution in [0.4, 0.5) is 13.2 Å². The summed E-state index contributed by atoms with van der Waals surface area (Å²) in [7, 11) is 0. The Morgan fingerprint density at radius 3 is 2.23 bits per heavy atom. The van der Waals surface area contributed by atoms with Crippen molar-refractivity contribution < 1.29 is 23.0 Å². The predicted octanol–water partition coefficient (Wildman–Crippen LogP) is 3.01. The summed E-state index contributed by atoms with van der Waals surface area (Å²) >= 11 is 0. The topological polar surface area (TPSA) is 35.9 Å². The van der Waals surface area contributed by atoms with Crippen molar-refractivity contribution in [1.29, 1.82) is 0 Å². The molecule has 0 radical (unpaired) electrons. The molecule has 1 aromatic rings. The third-order valence-electron chi connectivity index (χ3n) is 5.31. The van der Waals surface area contributed by atoms with Gasteiger partial charge in [0.2, 0.25) is 0 Å². The highest BCUT2D eigenvalue weighted by atomic mass is 19.4. The lowest BCUT2D eigenvalue weighted by atomic mass is 10.0. The molecule has 2 heterocycles. The summed E-state index contributed by atoms with van der Waals surface area (Å²) in [6.07, 6.45) is -0.126. The molecule has 0 spiro atoms. The van der Waals surface area contributed by atoms with Crippen LogP contribution in [-0.2, 0) is 6.18 Å². The number of rotatable bonds is 6. The van der Waals surface area contributed by atoms with Crippen LogP contribution in [0.1, 0.15) is 31.2 Å². The maximum absolute atomic E-state index is 12.5. The average Bonchev–Trinajstić information content (AvgIpc) is 3.15. The second-order valence-electron chi connectivity index (χ2n) is 7.26. The van der Waals surface area contributed by atoms with E-state index in [1.165, 1.54) is 38.1 Å². The minimum atomic E-state index is -4.35. The molecular weight excluding hydrogens is 345 g/mol. The van der Waals surface area contributed by atoms with Crippen LogP contribution in [0.3, 0.4) is 0 Å². The number of aliphatic hydroxyl groups is 1. The van der Waals surface area contributed by atoms with E-state index in [0.717, 1.165) is 38.1 Å². The van der Waals surface area contributed by atoms with Gasteiger partial charge in [0.05, 0.1) is 5.56 Å². The molecule has 2 aliphatic heterocycles. The highest BCUT2D eigenvalue weighted by Crippen LogP contribution is 2.30. The fraction of sp³-hybridized carbons (Fsp3) is 0.684. The number of ether oxygens (including phenoxy) is 1. The van der Waals surface area contributed by atoms with E-state index in [9.17, 15) is 18.3 Å². The standard InChI is InChI=1S/C19H27F3N2O2/c20-19(21,22)15-3-5-18(6-4-15)26-14-17(25)13-23-11-7-16(8-12-23)24-9-1-2-10-24/h3-6,16-17,25H,1-2,7-14H2/t17-/m1/s1. The Kier molecular flexibility index (Phi) is 6.42. The minimum Gasteiger partial charge on any atom is -0.491 e. The van der Waals surface area contributed by atoms with Crippen molar-refractivity contribution in [2.75, 3.05) is 39.3 Å². The molecule has 1 aromatic carbocycles. The van der Waals surface area contributed by atoms with E-state index in [0.29, 0.717) is 18.3 Å². The van der Waals surface area contributed by atoms with E-state index in [1.54, 1.807) is 0 Å². The zero-order valence-corrected chi connectivity index (χ0v) is 14.9. The molecule has 26 heavy (non-hydrogen) atoms. The number of piperidine rings is 1. The van der Waals surface area contributed by atoms with Gasteiger partial charge in [0.15, 0.2) is 0 Å². The van der Waals surface area contributed by atoms with Crippen LogP contribution in [0.25, 0.3) is 0 Å². The molecule has 2 saturated heterocycles. The predicted molar refractivity (Wildman–Crippen MR) is 93.2 cm³/mol. The first-order valence-electron chi connectivity index (χ1n) is 9.36. The van der Waals surface area contributed by atoms with E-state index in [2.05, 4.69) is 9.80 Å². The van der Waals surface area contributed by atoms with Crippen molar-refractivity contribution in [3.63, 3.8) is 0 Å². The summed E-state index contributed by atoms with van der Waals surface area (Å²) in [5.74, 6) is 0.338. The van der Waals surface area contributed by atoms with Crippen molar-refractivity contribution in [2.24, 2.45) is 0 Å². The molecule has 4 nitrogen and oxygen atoms in total. The van der Waals surface area contributed by atoms with Gasteiger partial charge in [-0.25, -0.2) is 0 Å². The SMILES string of the molecule is O[C@@H](COc1ccc(C(F)(F)F)cc1)CN1CCC(N2CCCC2)CC1. The Labute approximate surface area is 152 Å². The summed E-state index contributed by atoms with van der Waals surface area (Å²) in [6.45, 7) is 4.99. The Balaban J connectivity index is 1.37. The number of hydrogen-bond acceptors (Lipinski definition) is 4. The molecule has 0 aromatic heterocycles. The van der Waals surface area contributed by atoms with Gasteiger partial charge in [0.25, 0.3) is 0 Å².